The lowest BCUT2D eigenvalue weighted by Gasteiger charge is -2.61. The van der Waals surface area contributed by atoms with E-state index in [-0.39, 0.29) is 6.10 Å². The van der Waals surface area contributed by atoms with Gasteiger partial charge in [-0.3, -0.25) is 10.5 Å². The van der Waals surface area contributed by atoms with Crippen LogP contribution in [0.15, 0.2) is 0 Å². The van der Waals surface area contributed by atoms with Crippen molar-refractivity contribution in [3.63, 3.8) is 0 Å². The van der Waals surface area contributed by atoms with Gasteiger partial charge in [-0.15, -0.1) is 0 Å². The molecule has 9 atom stereocenters. The van der Waals surface area contributed by atoms with E-state index in [2.05, 4.69) is 27.7 Å². The Balaban J connectivity index is 0.000000948. The molecule has 3 nitrogen and oxygen atoms in total. The fourth-order valence-electron chi connectivity index (χ4n) is 8.50. The van der Waals surface area contributed by atoms with Crippen LogP contribution >= 0.6 is 0 Å². The maximum Gasteiger partial charge on any atom is 0.0543 e. The van der Waals surface area contributed by atoms with Gasteiger partial charge < -0.3 is 5.11 Å². The second-order valence-corrected chi connectivity index (χ2v) is 10.7. The monoisotopic (exact) mass is 366 g/mol. The first-order chi connectivity index (χ1) is 12.4. The maximum absolute atomic E-state index is 10.2. The van der Waals surface area contributed by atoms with Crippen LogP contribution in [0, 0.1) is 46.3 Å². The zero-order chi connectivity index (χ0) is 19.1. The molecule has 4 fully saturated rings. The van der Waals surface area contributed by atoms with Gasteiger partial charge in [-0.2, -0.15) is 0 Å². The SMILES string of the molecule is CC[C@@H](C)C1CCC2C3CCC4CC(O)CCC4(C)C3CCC21C.OO. The van der Waals surface area contributed by atoms with Crippen molar-refractivity contribution in [1.29, 1.82) is 0 Å². The summed E-state index contributed by atoms with van der Waals surface area (Å²) in [4.78, 5) is 0. The van der Waals surface area contributed by atoms with Gasteiger partial charge in [0.15, 0.2) is 0 Å². The minimum absolute atomic E-state index is 0.00486. The third-order valence-corrected chi connectivity index (χ3v) is 10.0. The molecule has 0 aromatic heterocycles. The molecule has 3 heteroatoms. The molecule has 0 aromatic rings. The molecule has 26 heavy (non-hydrogen) atoms. The van der Waals surface area contributed by atoms with E-state index in [1.165, 1.54) is 51.4 Å². The van der Waals surface area contributed by atoms with Crippen LogP contribution in [-0.2, 0) is 0 Å². The van der Waals surface area contributed by atoms with E-state index in [9.17, 15) is 5.11 Å². The molecular formula is C23H42O3. The topological polar surface area (TPSA) is 60.7 Å². The van der Waals surface area contributed by atoms with Gasteiger partial charge >= 0.3 is 0 Å². The molecule has 0 aromatic carbocycles. The van der Waals surface area contributed by atoms with E-state index < -0.39 is 0 Å². The smallest absolute Gasteiger partial charge is 0.0543 e. The van der Waals surface area contributed by atoms with Crippen LogP contribution in [0.25, 0.3) is 0 Å². The lowest BCUT2D eigenvalue weighted by atomic mass is 9.44. The quantitative estimate of drug-likeness (QED) is 0.410. The number of fused-ring (bicyclic) bond motifs is 5. The largest absolute Gasteiger partial charge is 0.393 e. The predicted octanol–water partition coefficient (Wildman–Crippen LogP) is 6.07. The molecule has 4 aliphatic rings. The van der Waals surface area contributed by atoms with Crippen molar-refractivity contribution in [1.82, 2.24) is 0 Å². The van der Waals surface area contributed by atoms with Crippen LogP contribution in [0.4, 0.5) is 0 Å². The highest BCUT2D eigenvalue weighted by Gasteiger charge is 2.60. The molecule has 4 aliphatic carbocycles. The fourth-order valence-corrected chi connectivity index (χ4v) is 8.50. The van der Waals surface area contributed by atoms with E-state index >= 15 is 0 Å². The number of aliphatic hydroxyl groups is 1. The van der Waals surface area contributed by atoms with Gasteiger partial charge in [-0.25, -0.2) is 0 Å². The number of hydrogen-bond donors (Lipinski definition) is 3. The van der Waals surface area contributed by atoms with Gasteiger partial charge in [0.1, 0.15) is 0 Å². The van der Waals surface area contributed by atoms with Crippen LogP contribution in [0.3, 0.4) is 0 Å². The van der Waals surface area contributed by atoms with Crippen LogP contribution < -0.4 is 0 Å². The lowest BCUT2D eigenvalue weighted by Crippen LogP contribution is -2.54. The van der Waals surface area contributed by atoms with Crippen LogP contribution in [0.2, 0.25) is 0 Å². The second-order valence-electron chi connectivity index (χ2n) is 10.7. The van der Waals surface area contributed by atoms with Gasteiger partial charge in [0, 0.05) is 0 Å². The Hall–Kier alpha value is -0.120. The summed E-state index contributed by atoms with van der Waals surface area (Å²) < 4.78 is 0. The number of aliphatic hydroxyl groups excluding tert-OH is 1. The van der Waals surface area contributed by atoms with Crippen LogP contribution in [0.1, 0.15) is 91.9 Å². The van der Waals surface area contributed by atoms with Crippen molar-refractivity contribution in [2.75, 3.05) is 0 Å². The van der Waals surface area contributed by atoms with Gasteiger partial charge in [0.05, 0.1) is 6.10 Å². The van der Waals surface area contributed by atoms with Crippen molar-refractivity contribution >= 4 is 0 Å². The second kappa shape index (κ2) is 7.72. The van der Waals surface area contributed by atoms with Crippen molar-refractivity contribution in [3.8, 4) is 0 Å². The summed E-state index contributed by atoms with van der Waals surface area (Å²) in [5.41, 5.74) is 1.17. The molecule has 0 radical (unpaired) electrons. The van der Waals surface area contributed by atoms with Gasteiger partial charge in [0.2, 0.25) is 0 Å². The summed E-state index contributed by atoms with van der Waals surface area (Å²) in [7, 11) is 0. The van der Waals surface area contributed by atoms with E-state index in [0.29, 0.717) is 10.8 Å². The zero-order valence-corrected chi connectivity index (χ0v) is 17.5. The molecule has 0 saturated heterocycles. The first-order valence-electron chi connectivity index (χ1n) is 11.3. The normalized spacial score (nSPS) is 51.3. The molecule has 152 valence electrons. The van der Waals surface area contributed by atoms with Crippen LogP contribution in [0.5, 0.6) is 0 Å². The summed E-state index contributed by atoms with van der Waals surface area (Å²) in [5, 5.41) is 22.2. The lowest BCUT2D eigenvalue weighted by molar-refractivity contribution is -0.176. The third-order valence-electron chi connectivity index (χ3n) is 10.0. The van der Waals surface area contributed by atoms with E-state index in [0.717, 1.165) is 48.3 Å². The maximum atomic E-state index is 10.2. The molecule has 4 rings (SSSR count). The van der Waals surface area contributed by atoms with Crippen molar-refractivity contribution in [2.24, 2.45) is 46.3 Å². The molecule has 8 unspecified atom stereocenters. The average molecular weight is 367 g/mol. The Morgan fingerprint density at radius 3 is 2.23 bits per heavy atom. The standard InChI is InChI=1S/C23H40O.H2O2/c1-5-15(2)19-8-9-20-18-7-6-16-14-17(24)10-12-22(16,3)21(18)11-13-23(19,20)4;1-2/h15-21,24H,5-14H2,1-4H3;1-2H/t15-,16?,17?,18?,19?,20?,21?,22?,23?;/m1./s1. The van der Waals surface area contributed by atoms with E-state index in [4.69, 9.17) is 10.5 Å². The zero-order valence-electron chi connectivity index (χ0n) is 17.5. The molecule has 3 N–H and O–H groups in total. The summed E-state index contributed by atoms with van der Waals surface area (Å²) >= 11 is 0. The summed E-state index contributed by atoms with van der Waals surface area (Å²) in [6, 6.07) is 0. The molecule has 4 saturated carbocycles. The Morgan fingerprint density at radius 1 is 0.885 bits per heavy atom. The molecule has 0 bridgehead atoms. The van der Waals surface area contributed by atoms with Gasteiger partial charge in [-0.1, -0.05) is 34.1 Å². The molecule has 0 amide bonds. The summed E-state index contributed by atoms with van der Waals surface area (Å²) in [6.07, 6.45) is 13.6. The van der Waals surface area contributed by atoms with Crippen LogP contribution in [-0.4, -0.2) is 21.7 Å². The molecule has 0 heterocycles. The Morgan fingerprint density at radius 2 is 1.54 bits per heavy atom. The first-order valence-corrected chi connectivity index (χ1v) is 11.3. The highest BCUT2D eigenvalue weighted by molar-refractivity contribution is 5.09. The Bertz CT molecular complexity index is 480. The Kier molecular flexibility index (Phi) is 6.12. The van der Waals surface area contributed by atoms with Gasteiger partial charge in [0.25, 0.3) is 0 Å². The predicted molar refractivity (Wildman–Crippen MR) is 106 cm³/mol. The molecule has 0 aliphatic heterocycles. The molecule has 0 spiro atoms. The average Bonchev–Trinajstić information content (AvgIpc) is 3.00. The summed E-state index contributed by atoms with van der Waals surface area (Å²) in [6.45, 7) is 10.2. The van der Waals surface area contributed by atoms with Crippen molar-refractivity contribution < 1.29 is 15.6 Å². The van der Waals surface area contributed by atoms with E-state index in [1.807, 2.05) is 0 Å². The van der Waals surface area contributed by atoms with Crippen molar-refractivity contribution in [2.45, 2.75) is 98.0 Å². The molecular weight excluding hydrogens is 324 g/mol. The fraction of sp³-hybridized carbons (Fsp3) is 1.00. The minimum Gasteiger partial charge on any atom is -0.393 e. The highest BCUT2D eigenvalue weighted by Crippen LogP contribution is 2.68. The van der Waals surface area contributed by atoms with Crippen molar-refractivity contribution in [3.05, 3.63) is 0 Å². The number of rotatable bonds is 2. The van der Waals surface area contributed by atoms with Gasteiger partial charge in [-0.05, 0) is 104 Å². The highest BCUT2D eigenvalue weighted by atomic mass is 17.0. The summed E-state index contributed by atoms with van der Waals surface area (Å²) in [5.74, 6) is 5.64. The Labute approximate surface area is 160 Å². The third kappa shape index (κ3) is 3.06. The number of hydrogen-bond acceptors (Lipinski definition) is 3. The van der Waals surface area contributed by atoms with E-state index in [1.54, 1.807) is 0 Å². The first kappa shape index (κ1) is 20.6. The minimum atomic E-state index is -0.00486.